The fourth-order valence-electron chi connectivity index (χ4n) is 1.70. The Morgan fingerprint density at radius 2 is 2.28 bits per heavy atom. The Bertz CT molecular complexity index is 602. The van der Waals surface area contributed by atoms with E-state index >= 15 is 0 Å². The first-order valence-electron chi connectivity index (χ1n) is 5.63. The van der Waals surface area contributed by atoms with Crippen LogP contribution in [0.5, 0.6) is 0 Å². The van der Waals surface area contributed by atoms with Crippen molar-refractivity contribution in [2.75, 3.05) is 5.32 Å². The highest BCUT2D eigenvalue weighted by atomic mass is 32.1. The van der Waals surface area contributed by atoms with Crippen molar-refractivity contribution in [2.24, 2.45) is 0 Å². The van der Waals surface area contributed by atoms with Gasteiger partial charge in [-0.05, 0) is 24.3 Å². The summed E-state index contributed by atoms with van der Waals surface area (Å²) in [5.74, 6) is 0. The van der Waals surface area contributed by atoms with E-state index < -0.39 is 0 Å². The Kier molecular flexibility index (Phi) is 3.06. The van der Waals surface area contributed by atoms with Crippen LogP contribution in [0.3, 0.4) is 0 Å². The van der Waals surface area contributed by atoms with Crippen molar-refractivity contribution in [1.29, 1.82) is 0 Å². The van der Waals surface area contributed by atoms with Crippen LogP contribution in [0, 0.1) is 0 Å². The average molecular weight is 256 g/mol. The number of nitrogens with one attached hydrogen (secondary N) is 1. The predicted octanol–water partition coefficient (Wildman–Crippen LogP) is 2.94. The van der Waals surface area contributed by atoms with E-state index in [2.05, 4.69) is 21.5 Å². The number of rotatable bonds is 4. The molecule has 0 saturated heterocycles. The van der Waals surface area contributed by atoms with Gasteiger partial charge in [0.25, 0.3) is 0 Å². The van der Waals surface area contributed by atoms with Gasteiger partial charge < -0.3 is 5.32 Å². The summed E-state index contributed by atoms with van der Waals surface area (Å²) in [6.45, 7) is 0.742. The maximum absolute atomic E-state index is 4.24. The summed E-state index contributed by atoms with van der Waals surface area (Å²) >= 11 is 1.61. The van der Waals surface area contributed by atoms with Crippen molar-refractivity contribution >= 4 is 17.0 Å². The standard InChI is InChI=1S/C13H12N4S/c1-3-11(14-8-12-9-18-10-15-12)7-13(4-1)17-6-2-5-16-17/h1-7,9-10,14H,8H2. The summed E-state index contributed by atoms with van der Waals surface area (Å²) in [4.78, 5) is 4.24. The lowest BCUT2D eigenvalue weighted by Gasteiger charge is -2.07. The molecule has 4 nitrogen and oxygen atoms in total. The third kappa shape index (κ3) is 2.41. The number of thiazole rings is 1. The number of nitrogens with zero attached hydrogens (tertiary/aromatic N) is 3. The van der Waals surface area contributed by atoms with Crippen LogP contribution in [0.15, 0.2) is 53.6 Å². The average Bonchev–Trinajstić information content (AvgIpc) is 3.10. The van der Waals surface area contributed by atoms with Crippen LogP contribution in [0.4, 0.5) is 5.69 Å². The van der Waals surface area contributed by atoms with E-state index in [-0.39, 0.29) is 0 Å². The zero-order valence-corrected chi connectivity index (χ0v) is 10.5. The zero-order chi connectivity index (χ0) is 12.2. The molecule has 0 amide bonds. The first kappa shape index (κ1) is 11.0. The van der Waals surface area contributed by atoms with E-state index in [0.29, 0.717) is 0 Å². The largest absolute Gasteiger partial charge is 0.379 e. The lowest BCUT2D eigenvalue weighted by molar-refractivity contribution is 0.880. The Balaban J connectivity index is 1.75. The van der Waals surface area contributed by atoms with E-state index in [1.807, 2.05) is 46.0 Å². The van der Waals surface area contributed by atoms with Gasteiger partial charge in [0.2, 0.25) is 0 Å². The van der Waals surface area contributed by atoms with Gasteiger partial charge in [0.05, 0.1) is 23.4 Å². The van der Waals surface area contributed by atoms with Crippen LogP contribution in [0.2, 0.25) is 0 Å². The van der Waals surface area contributed by atoms with E-state index in [9.17, 15) is 0 Å². The summed E-state index contributed by atoms with van der Waals surface area (Å²) in [7, 11) is 0. The SMILES string of the molecule is c1cc(NCc2cscn2)cc(-n2cccn2)c1. The topological polar surface area (TPSA) is 42.7 Å². The smallest absolute Gasteiger partial charge is 0.0795 e. The molecule has 0 unspecified atom stereocenters. The fraction of sp³-hybridized carbons (Fsp3) is 0.0769. The number of anilines is 1. The molecule has 0 radical (unpaired) electrons. The lowest BCUT2D eigenvalue weighted by Crippen LogP contribution is -2.01. The van der Waals surface area contributed by atoms with E-state index in [0.717, 1.165) is 23.6 Å². The highest BCUT2D eigenvalue weighted by molar-refractivity contribution is 7.07. The molecule has 2 aromatic heterocycles. The number of hydrogen-bond donors (Lipinski definition) is 1. The van der Waals surface area contributed by atoms with Gasteiger partial charge in [-0.3, -0.25) is 0 Å². The van der Waals surface area contributed by atoms with Crippen LogP contribution in [-0.2, 0) is 6.54 Å². The zero-order valence-electron chi connectivity index (χ0n) is 9.65. The molecular weight excluding hydrogens is 244 g/mol. The molecule has 3 aromatic rings. The van der Waals surface area contributed by atoms with Crippen molar-refractivity contribution in [3.8, 4) is 5.69 Å². The summed E-state index contributed by atoms with van der Waals surface area (Å²) in [6.07, 6.45) is 3.70. The second-order valence-electron chi connectivity index (χ2n) is 3.83. The Hall–Kier alpha value is -2.14. The minimum Gasteiger partial charge on any atom is -0.379 e. The van der Waals surface area contributed by atoms with Crippen LogP contribution in [0.25, 0.3) is 5.69 Å². The molecular formula is C13H12N4S. The van der Waals surface area contributed by atoms with Gasteiger partial charge in [0, 0.05) is 23.5 Å². The summed E-state index contributed by atoms with van der Waals surface area (Å²) in [5.41, 5.74) is 5.01. The van der Waals surface area contributed by atoms with Crippen molar-refractivity contribution in [3.05, 3.63) is 59.3 Å². The van der Waals surface area contributed by atoms with Crippen LogP contribution in [0.1, 0.15) is 5.69 Å². The first-order valence-corrected chi connectivity index (χ1v) is 6.57. The van der Waals surface area contributed by atoms with Gasteiger partial charge in [-0.15, -0.1) is 11.3 Å². The first-order chi connectivity index (χ1) is 8.92. The van der Waals surface area contributed by atoms with Crippen LogP contribution in [-0.4, -0.2) is 14.8 Å². The highest BCUT2D eigenvalue weighted by Crippen LogP contribution is 2.14. The summed E-state index contributed by atoms with van der Waals surface area (Å²) in [6, 6.07) is 10.1. The normalized spacial score (nSPS) is 10.4. The molecule has 0 saturated carbocycles. The Labute approximate surface area is 109 Å². The third-order valence-electron chi connectivity index (χ3n) is 2.57. The monoisotopic (exact) mass is 256 g/mol. The molecule has 0 aliphatic heterocycles. The molecule has 0 fully saturated rings. The second-order valence-corrected chi connectivity index (χ2v) is 4.55. The quantitative estimate of drug-likeness (QED) is 0.780. The molecule has 0 bridgehead atoms. The van der Waals surface area contributed by atoms with E-state index in [1.54, 1.807) is 17.5 Å². The number of aromatic nitrogens is 3. The number of hydrogen-bond acceptors (Lipinski definition) is 4. The van der Waals surface area contributed by atoms with E-state index in [4.69, 9.17) is 0 Å². The van der Waals surface area contributed by atoms with Gasteiger partial charge in [0.1, 0.15) is 0 Å². The Morgan fingerprint density at radius 3 is 3.06 bits per heavy atom. The molecule has 90 valence electrons. The molecule has 2 heterocycles. The molecule has 3 rings (SSSR count). The van der Waals surface area contributed by atoms with E-state index in [1.165, 1.54) is 0 Å². The molecule has 1 N–H and O–H groups in total. The van der Waals surface area contributed by atoms with Crippen molar-refractivity contribution in [3.63, 3.8) is 0 Å². The van der Waals surface area contributed by atoms with Crippen molar-refractivity contribution in [1.82, 2.24) is 14.8 Å². The van der Waals surface area contributed by atoms with Crippen molar-refractivity contribution in [2.45, 2.75) is 6.54 Å². The minimum atomic E-state index is 0.742. The minimum absolute atomic E-state index is 0.742. The molecule has 18 heavy (non-hydrogen) atoms. The van der Waals surface area contributed by atoms with Crippen LogP contribution >= 0.6 is 11.3 Å². The van der Waals surface area contributed by atoms with Gasteiger partial charge in [-0.25, -0.2) is 9.67 Å². The maximum Gasteiger partial charge on any atom is 0.0795 e. The molecule has 0 aliphatic carbocycles. The third-order valence-corrected chi connectivity index (χ3v) is 3.21. The highest BCUT2D eigenvalue weighted by Gasteiger charge is 1.99. The summed E-state index contributed by atoms with van der Waals surface area (Å²) < 4.78 is 1.84. The predicted molar refractivity (Wildman–Crippen MR) is 73.0 cm³/mol. The second kappa shape index (κ2) is 5.01. The molecule has 0 atom stereocenters. The van der Waals surface area contributed by atoms with Gasteiger partial charge in [0.15, 0.2) is 0 Å². The molecule has 5 heteroatoms. The van der Waals surface area contributed by atoms with Gasteiger partial charge in [-0.1, -0.05) is 6.07 Å². The summed E-state index contributed by atoms with van der Waals surface area (Å²) in [5, 5.41) is 9.61. The van der Waals surface area contributed by atoms with Crippen molar-refractivity contribution < 1.29 is 0 Å². The molecule has 0 spiro atoms. The molecule has 1 aromatic carbocycles. The maximum atomic E-state index is 4.24. The van der Waals surface area contributed by atoms with Gasteiger partial charge in [-0.2, -0.15) is 5.10 Å². The molecule has 0 aliphatic rings. The van der Waals surface area contributed by atoms with Gasteiger partial charge >= 0.3 is 0 Å². The van der Waals surface area contributed by atoms with Crippen LogP contribution < -0.4 is 5.32 Å². The Morgan fingerprint density at radius 1 is 1.28 bits per heavy atom. The number of benzene rings is 1. The fourth-order valence-corrected chi connectivity index (χ4v) is 2.26. The lowest BCUT2D eigenvalue weighted by atomic mass is 10.2.